The van der Waals surface area contributed by atoms with E-state index < -0.39 is 8.07 Å². The van der Waals surface area contributed by atoms with Crippen LogP contribution in [0.2, 0.25) is 19.6 Å². The Kier molecular flexibility index (Phi) is 2.67. The molecule has 0 atom stereocenters. The van der Waals surface area contributed by atoms with Crippen molar-refractivity contribution < 1.29 is 0 Å². The third-order valence-electron chi connectivity index (χ3n) is 2.35. The monoisotopic (exact) mass is 244 g/mol. The van der Waals surface area contributed by atoms with E-state index in [9.17, 15) is 0 Å². The molecule has 0 unspecified atom stereocenters. The van der Waals surface area contributed by atoms with E-state index in [1.807, 2.05) is 17.8 Å². The molecule has 0 aliphatic heterocycles. The van der Waals surface area contributed by atoms with E-state index in [1.165, 1.54) is 6.33 Å². The number of nitrogens with zero attached hydrogens (tertiary/aromatic N) is 3. The van der Waals surface area contributed by atoms with Crippen LogP contribution in [0.1, 0.15) is 5.56 Å². The minimum atomic E-state index is -1.39. The standard InChI is InChI=1S/C12H16N4Si/c1-16-7-9(5-6-17(2,3)4)10-11(13)14-8-15-12(10)16/h7-8H,1-4H3,(H2,13,14,15). The van der Waals surface area contributed by atoms with Gasteiger partial charge in [0.25, 0.3) is 0 Å². The number of hydrogen-bond acceptors (Lipinski definition) is 3. The summed E-state index contributed by atoms with van der Waals surface area (Å²) in [7, 11) is 0.551. The van der Waals surface area contributed by atoms with E-state index in [-0.39, 0.29) is 0 Å². The van der Waals surface area contributed by atoms with Crippen LogP contribution in [0.25, 0.3) is 11.0 Å². The van der Waals surface area contributed by atoms with Crippen molar-refractivity contribution in [2.75, 3.05) is 5.73 Å². The Balaban J connectivity index is 2.66. The second-order valence-electron chi connectivity index (χ2n) is 5.11. The van der Waals surface area contributed by atoms with E-state index in [1.54, 1.807) is 0 Å². The number of anilines is 1. The second-order valence-corrected chi connectivity index (χ2v) is 9.86. The van der Waals surface area contributed by atoms with Crippen molar-refractivity contribution in [3.05, 3.63) is 18.1 Å². The van der Waals surface area contributed by atoms with Crippen molar-refractivity contribution in [1.82, 2.24) is 14.5 Å². The average molecular weight is 244 g/mol. The largest absolute Gasteiger partial charge is 0.383 e. The van der Waals surface area contributed by atoms with Gasteiger partial charge in [-0.2, -0.15) is 0 Å². The van der Waals surface area contributed by atoms with Crippen LogP contribution in [0.15, 0.2) is 12.5 Å². The van der Waals surface area contributed by atoms with Gasteiger partial charge < -0.3 is 10.3 Å². The normalized spacial score (nSPS) is 11.3. The number of nitrogens with two attached hydrogens (primary N) is 1. The predicted octanol–water partition coefficient (Wildman–Crippen LogP) is 1.78. The van der Waals surface area contributed by atoms with Crippen molar-refractivity contribution in [2.45, 2.75) is 19.6 Å². The number of hydrogen-bond donors (Lipinski definition) is 1. The molecule has 4 nitrogen and oxygen atoms in total. The summed E-state index contributed by atoms with van der Waals surface area (Å²) in [5.74, 6) is 3.72. The summed E-state index contributed by atoms with van der Waals surface area (Å²) in [5, 5.41) is 0.862. The minimum Gasteiger partial charge on any atom is -0.383 e. The van der Waals surface area contributed by atoms with E-state index >= 15 is 0 Å². The zero-order chi connectivity index (χ0) is 12.6. The molecule has 2 N–H and O–H groups in total. The lowest BCUT2D eigenvalue weighted by Gasteiger charge is -2.03. The second kappa shape index (κ2) is 3.89. The molecule has 0 saturated carbocycles. The van der Waals surface area contributed by atoms with Crippen LogP contribution in [0, 0.1) is 11.5 Å². The highest BCUT2D eigenvalue weighted by molar-refractivity contribution is 6.83. The van der Waals surface area contributed by atoms with Crippen LogP contribution in [-0.2, 0) is 7.05 Å². The molecule has 2 heterocycles. The Morgan fingerprint density at radius 3 is 2.65 bits per heavy atom. The van der Waals surface area contributed by atoms with Gasteiger partial charge in [-0.3, -0.25) is 0 Å². The van der Waals surface area contributed by atoms with Crippen molar-refractivity contribution in [3.63, 3.8) is 0 Å². The first-order chi connectivity index (χ1) is 7.88. The van der Waals surface area contributed by atoms with Gasteiger partial charge in [0.1, 0.15) is 25.9 Å². The third-order valence-corrected chi connectivity index (χ3v) is 3.23. The van der Waals surface area contributed by atoms with E-state index in [0.717, 1.165) is 16.6 Å². The molecule has 0 amide bonds. The highest BCUT2D eigenvalue weighted by Gasteiger charge is 2.11. The number of nitrogen functional groups attached to an aromatic ring is 1. The summed E-state index contributed by atoms with van der Waals surface area (Å²) in [5.41, 5.74) is 11.0. The molecule has 5 heteroatoms. The Labute approximate surface area is 102 Å². The van der Waals surface area contributed by atoms with Crippen molar-refractivity contribution in [1.29, 1.82) is 0 Å². The average Bonchev–Trinajstić information content (AvgIpc) is 2.54. The molecule has 17 heavy (non-hydrogen) atoms. The van der Waals surface area contributed by atoms with Gasteiger partial charge >= 0.3 is 0 Å². The maximum atomic E-state index is 5.89. The molecule has 0 spiro atoms. The Morgan fingerprint density at radius 1 is 1.29 bits per heavy atom. The first-order valence-electron chi connectivity index (χ1n) is 5.47. The summed E-state index contributed by atoms with van der Waals surface area (Å²) < 4.78 is 1.93. The highest BCUT2D eigenvalue weighted by atomic mass is 28.3. The number of fused-ring (bicyclic) bond motifs is 1. The van der Waals surface area contributed by atoms with Crippen LogP contribution in [0.4, 0.5) is 5.82 Å². The smallest absolute Gasteiger partial charge is 0.146 e. The SMILES string of the molecule is Cn1cc(C#C[Si](C)(C)C)c2c(N)ncnc21. The molecule has 0 bridgehead atoms. The summed E-state index contributed by atoms with van der Waals surface area (Å²) in [4.78, 5) is 8.24. The summed E-state index contributed by atoms with van der Waals surface area (Å²) in [6, 6.07) is 0. The molecule has 88 valence electrons. The zero-order valence-corrected chi connectivity index (χ0v) is 11.6. The molecule has 0 aliphatic carbocycles. The molecular weight excluding hydrogens is 228 g/mol. The van der Waals surface area contributed by atoms with Gasteiger partial charge in [-0.25, -0.2) is 9.97 Å². The topological polar surface area (TPSA) is 56.7 Å². The van der Waals surface area contributed by atoms with Gasteiger partial charge in [-0.15, -0.1) is 5.54 Å². The van der Waals surface area contributed by atoms with Crippen molar-refractivity contribution in [3.8, 4) is 11.5 Å². The van der Waals surface area contributed by atoms with Crippen molar-refractivity contribution in [2.24, 2.45) is 7.05 Å². The lowest BCUT2D eigenvalue weighted by atomic mass is 10.2. The first-order valence-corrected chi connectivity index (χ1v) is 8.97. The van der Waals surface area contributed by atoms with Gasteiger partial charge in [-0.1, -0.05) is 25.6 Å². The van der Waals surface area contributed by atoms with E-state index in [2.05, 4.69) is 41.1 Å². The molecule has 0 radical (unpaired) electrons. The maximum absolute atomic E-state index is 5.89. The van der Waals surface area contributed by atoms with Gasteiger partial charge in [0.05, 0.1) is 10.9 Å². The van der Waals surface area contributed by atoms with Crippen LogP contribution in [0.3, 0.4) is 0 Å². The van der Waals surface area contributed by atoms with Gasteiger partial charge in [0.2, 0.25) is 0 Å². The van der Waals surface area contributed by atoms with E-state index in [4.69, 9.17) is 5.73 Å². The quantitative estimate of drug-likeness (QED) is 0.567. The van der Waals surface area contributed by atoms with E-state index in [0.29, 0.717) is 5.82 Å². The van der Waals surface area contributed by atoms with Crippen LogP contribution < -0.4 is 5.73 Å². The zero-order valence-electron chi connectivity index (χ0n) is 10.6. The van der Waals surface area contributed by atoms with Gasteiger partial charge in [0, 0.05) is 13.2 Å². The predicted molar refractivity (Wildman–Crippen MR) is 73.1 cm³/mol. The summed E-state index contributed by atoms with van der Waals surface area (Å²) in [6.07, 6.45) is 3.44. The number of aromatic nitrogens is 3. The third kappa shape index (κ3) is 2.32. The lowest BCUT2D eigenvalue weighted by Crippen LogP contribution is -2.16. The van der Waals surface area contributed by atoms with Crippen LogP contribution in [-0.4, -0.2) is 22.6 Å². The maximum Gasteiger partial charge on any atom is 0.146 e. The highest BCUT2D eigenvalue weighted by Crippen LogP contribution is 2.22. The molecule has 2 aromatic rings. The Morgan fingerprint density at radius 2 is 2.00 bits per heavy atom. The first kappa shape index (κ1) is 11.7. The number of rotatable bonds is 0. The van der Waals surface area contributed by atoms with Crippen molar-refractivity contribution >= 4 is 24.9 Å². The molecule has 0 aliphatic rings. The fourth-order valence-electron chi connectivity index (χ4n) is 1.58. The molecule has 0 saturated heterocycles. The summed E-state index contributed by atoms with van der Waals surface area (Å²) in [6.45, 7) is 6.64. The Hall–Kier alpha value is -1.80. The Bertz CT molecular complexity index is 625. The molecule has 2 aromatic heterocycles. The molecular formula is C12H16N4Si. The fraction of sp³-hybridized carbons (Fsp3) is 0.333. The van der Waals surface area contributed by atoms with Gasteiger partial charge in [-0.05, 0) is 0 Å². The summed E-state index contributed by atoms with van der Waals surface area (Å²) >= 11 is 0. The van der Waals surface area contributed by atoms with Crippen LogP contribution in [0.5, 0.6) is 0 Å². The van der Waals surface area contributed by atoms with Gasteiger partial charge in [0.15, 0.2) is 0 Å². The molecule has 0 aromatic carbocycles. The molecule has 2 rings (SSSR count). The fourth-order valence-corrected chi connectivity index (χ4v) is 2.09. The number of aryl methyl sites for hydroxylation is 1. The molecule has 0 fully saturated rings. The minimum absolute atomic E-state index is 0.496. The van der Waals surface area contributed by atoms with Crippen LogP contribution >= 0.6 is 0 Å². The lowest BCUT2D eigenvalue weighted by molar-refractivity contribution is 0.943.